The van der Waals surface area contributed by atoms with Gasteiger partial charge in [-0.05, 0) is 24.3 Å². The van der Waals surface area contributed by atoms with E-state index in [9.17, 15) is 19.3 Å². The van der Waals surface area contributed by atoms with Crippen molar-refractivity contribution >= 4 is 27.6 Å². The molecule has 0 fully saturated rings. The topological polar surface area (TPSA) is 89.7 Å². The van der Waals surface area contributed by atoms with Crippen LogP contribution in [0, 0.1) is 15.9 Å². The van der Waals surface area contributed by atoms with E-state index >= 15 is 0 Å². The highest BCUT2D eigenvalue weighted by molar-refractivity contribution is 9.10. The van der Waals surface area contributed by atoms with E-state index in [4.69, 9.17) is 9.84 Å². The van der Waals surface area contributed by atoms with Crippen LogP contribution in [0.4, 0.5) is 10.1 Å². The summed E-state index contributed by atoms with van der Waals surface area (Å²) in [4.78, 5) is 21.0. The molecule has 0 aliphatic rings. The molecule has 0 heterocycles. The van der Waals surface area contributed by atoms with Crippen LogP contribution >= 0.6 is 15.9 Å². The lowest BCUT2D eigenvalue weighted by atomic mass is 10.2. The zero-order valence-electron chi connectivity index (χ0n) is 10.2. The lowest BCUT2D eigenvalue weighted by Crippen LogP contribution is -2.02. The Morgan fingerprint density at radius 3 is 2.48 bits per heavy atom. The number of hydrogen-bond donors (Lipinski definition) is 1. The van der Waals surface area contributed by atoms with Crippen molar-refractivity contribution < 1.29 is 24.0 Å². The third-order valence-corrected chi connectivity index (χ3v) is 3.01. The summed E-state index contributed by atoms with van der Waals surface area (Å²) in [6, 6.07) is 7.04. The number of carboxylic acid groups (broad SMARTS) is 1. The minimum absolute atomic E-state index is 0.186. The van der Waals surface area contributed by atoms with Gasteiger partial charge in [0.25, 0.3) is 5.69 Å². The standard InChI is InChI=1S/C13H7BrFNO5/c14-7-1-3-12(10(15)5-7)21-11-4-2-8(16(19)20)6-9(11)13(17)18/h1-6H,(H,17,18). The van der Waals surface area contributed by atoms with Gasteiger partial charge < -0.3 is 9.84 Å². The Bertz CT molecular complexity index is 734. The molecule has 2 aromatic rings. The second-order valence-corrected chi connectivity index (χ2v) is 4.84. The van der Waals surface area contributed by atoms with Gasteiger partial charge in [-0.3, -0.25) is 10.1 Å². The van der Waals surface area contributed by atoms with Gasteiger partial charge in [-0.1, -0.05) is 15.9 Å². The Kier molecular flexibility index (Phi) is 4.18. The number of hydrogen-bond acceptors (Lipinski definition) is 4. The van der Waals surface area contributed by atoms with Gasteiger partial charge in [0.1, 0.15) is 11.3 Å². The van der Waals surface area contributed by atoms with Crippen LogP contribution in [0.15, 0.2) is 40.9 Å². The summed E-state index contributed by atoms with van der Waals surface area (Å²) in [5.41, 5.74) is -0.817. The number of benzene rings is 2. The second-order valence-electron chi connectivity index (χ2n) is 3.92. The average Bonchev–Trinajstić information content (AvgIpc) is 2.41. The SMILES string of the molecule is O=C(O)c1cc([N+](=O)[O-])ccc1Oc1ccc(Br)cc1F. The zero-order chi connectivity index (χ0) is 15.6. The first-order valence-corrected chi connectivity index (χ1v) is 6.32. The molecule has 0 aromatic heterocycles. The number of rotatable bonds is 4. The third kappa shape index (κ3) is 3.34. The fourth-order valence-electron chi connectivity index (χ4n) is 1.56. The van der Waals surface area contributed by atoms with Gasteiger partial charge in [0, 0.05) is 16.6 Å². The third-order valence-electron chi connectivity index (χ3n) is 2.52. The summed E-state index contributed by atoms with van der Waals surface area (Å²) in [6.45, 7) is 0. The van der Waals surface area contributed by atoms with E-state index in [0.29, 0.717) is 4.47 Å². The van der Waals surface area contributed by atoms with Crippen molar-refractivity contribution in [3.8, 4) is 11.5 Å². The van der Waals surface area contributed by atoms with Crippen molar-refractivity contribution in [1.29, 1.82) is 0 Å². The Balaban J connectivity index is 2.44. The molecule has 108 valence electrons. The molecule has 0 saturated carbocycles. The van der Waals surface area contributed by atoms with Gasteiger partial charge in [0.15, 0.2) is 11.6 Å². The summed E-state index contributed by atoms with van der Waals surface area (Å²) >= 11 is 3.08. The molecule has 0 amide bonds. The Morgan fingerprint density at radius 2 is 1.90 bits per heavy atom. The van der Waals surface area contributed by atoms with Crippen molar-refractivity contribution in [2.24, 2.45) is 0 Å². The highest BCUT2D eigenvalue weighted by Gasteiger charge is 2.18. The van der Waals surface area contributed by atoms with E-state index in [0.717, 1.165) is 24.3 Å². The molecule has 0 atom stereocenters. The zero-order valence-corrected chi connectivity index (χ0v) is 11.8. The number of nitro groups is 1. The van der Waals surface area contributed by atoms with Gasteiger partial charge in [-0.25, -0.2) is 9.18 Å². The van der Waals surface area contributed by atoms with Crippen molar-refractivity contribution in [3.05, 3.63) is 62.4 Å². The normalized spacial score (nSPS) is 10.2. The number of halogens is 2. The van der Waals surface area contributed by atoms with E-state index < -0.39 is 28.0 Å². The Hall–Kier alpha value is -2.48. The molecule has 6 nitrogen and oxygen atoms in total. The molecule has 0 unspecified atom stereocenters. The van der Waals surface area contributed by atoms with Gasteiger partial charge in [-0.15, -0.1) is 0 Å². The minimum Gasteiger partial charge on any atom is -0.478 e. The lowest BCUT2D eigenvalue weighted by Gasteiger charge is -2.09. The Morgan fingerprint density at radius 1 is 1.24 bits per heavy atom. The van der Waals surface area contributed by atoms with Crippen LogP contribution in [-0.4, -0.2) is 16.0 Å². The largest absolute Gasteiger partial charge is 0.478 e. The maximum atomic E-state index is 13.7. The quantitative estimate of drug-likeness (QED) is 0.661. The monoisotopic (exact) mass is 355 g/mol. The Labute approximate surface area is 126 Å². The van der Waals surface area contributed by atoms with Gasteiger partial charge in [-0.2, -0.15) is 0 Å². The predicted molar refractivity (Wildman–Crippen MR) is 74.2 cm³/mol. The molecule has 0 aliphatic carbocycles. The van der Waals surface area contributed by atoms with Crippen molar-refractivity contribution in [2.75, 3.05) is 0 Å². The van der Waals surface area contributed by atoms with E-state index in [1.807, 2.05) is 0 Å². The van der Waals surface area contributed by atoms with E-state index in [1.54, 1.807) is 0 Å². The summed E-state index contributed by atoms with van der Waals surface area (Å²) in [7, 11) is 0. The molecule has 2 aromatic carbocycles. The van der Waals surface area contributed by atoms with E-state index in [2.05, 4.69) is 15.9 Å². The molecule has 8 heteroatoms. The number of nitrogens with zero attached hydrogens (tertiary/aromatic N) is 1. The van der Waals surface area contributed by atoms with Gasteiger partial charge in [0.2, 0.25) is 0 Å². The smallest absolute Gasteiger partial charge is 0.339 e. The molecular weight excluding hydrogens is 349 g/mol. The van der Waals surface area contributed by atoms with E-state index in [-0.39, 0.29) is 11.5 Å². The van der Waals surface area contributed by atoms with Gasteiger partial charge in [0.05, 0.1) is 4.92 Å². The van der Waals surface area contributed by atoms with Crippen molar-refractivity contribution in [3.63, 3.8) is 0 Å². The maximum absolute atomic E-state index is 13.7. The van der Waals surface area contributed by atoms with Crippen LogP contribution in [0.5, 0.6) is 11.5 Å². The number of nitro benzene ring substituents is 1. The molecule has 0 radical (unpaired) electrons. The first-order chi connectivity index (χ1) is 9.88. The van der Waals surface area contributed by atoms with Gasteiger partial charge >= 0.3 is 5.97 Å². The molecule has 0 aliphatic heterocycles. The number of aromatic carboxylic acids is 1. The van der Waals surface area contributed by atoms with Crippen LogP contribution in [0.1, 0.15) is 10.4 Å². The van der Waals surface area contributed by atoms with Crippen LogP contribution in [0.25, 0.3) is 0 Å². The number of carboxylic acids is 1. The molecule has 0 saturated heterocycles. The summed E-state index contributed by atoms with van der Waals surface area (Å²) in [5.74, 6) is -2.48. The predicted octanol–water partition coefficient (Wildman–Crippen LogP) is 3.99. The van der Waals surface area contributed by atoms with Crippen LogP contribution in [0.3, 0.4) is 0 Å². The molecule has 2 rings (SSSR count). The van der Waals surface area contributed by atoms with Crippen LogP contribution < -0.4 is 4.74 Å². The number of non-ortho nitro benzene ring substituents is 1. The maximum Gasteiger partial charge on any atom is 0.339 e. The fraction of sp³-hybridized carbons (Fsp3) is 0. The first kappa shape index (κ1) is 14.9. The van der Waals surface area contributed by atoms with Crippen molar-refractivity contribution in [1.82, 2.24) is 0 Å². The van der Waals surface area contributed by atoms with Crippen molar-refractivity contribution in [2.45, 2.75) is 0 Å². The van der Waals surface area contributed by atoms with Crippen LogP contribution in [-0.2, 0) is 0 Å². The molecule has 1 N–H and O–H groups in total. The minimum atomic E-state index is -1.41. The average molecular weight is 356 g/mol. The number of carbonyl (C=O) groups is 1. The second kappa shape index (κ2) is 5.88. The highest BCUT2D eigenvalue weighted by Crippen LogP contribution is 2.31. The molecule has 21 heavy (non-hydrogen) atoms. The summed E-state index contributed by atoms with van der Waals surface area (Å²) in [5, 5.41) is 19.7. The summed E-state index contributed by atoms with van der Waals surface area (Å²) in [6.07, 6.45) is 0. The first-order valence-electron chi connectivity index (χ1n) is 5.53. The fourth-order valence-corrected chi connectivity index (χ4v) is 1.90. The lowest BCUT2D eigenvalue weighted by molar-refractivity contribution is -0.384. The number of ether oxygens (including phenoxy) is 1. The van der Waals surface area contributed by atoms with E-state index in [1.165, 1.54) is 12.1 Å². The summed E-state index contributed by atoms with van der Waals surface area (Å²) < 4.78 is 19.4. The van der Waals surface area contributed by atoms with Crippen LogP contribution in [0.2, 0.25) is 0 Å². The molecular formula is C13H7BrFNO5. The molecule has 0 spiro atoms. The highest BCUT2D eigenvalue weighted by atomic mass is 79.9. The molecule has 0 bridgehead atoms.